The molecule has 1 aliphatic carbocycles. The zero-order chi connectivity index (χ0) is 10.4. The number of hydrogen-bond donors (Lipinski definition) is 0. The number of carbonyl (C=O) groups is 1. The van der Waals surface area contributed by atoms with Crippen LogP contribution in [0.4, 0.5) is 0 Å². The van der Waals surface area contributed by atoms with Gasteiger partial charge in [-0.25, -0.2) is 0 Å². The highest BCUT2D eigenvalue weighted by Crippen LogP contribution is 2.61. The fraction of sp³-hybridized carbons (Fsp3) is 0.700. The zero-order valence-electron chi connectivity index (χ0n) is 8.69. The van der Waals surface area contributed by atoms with Gasteiger partial charge in [0, 0.05) is 17.8 Å². The third-order valence-corrected chi connectivity index (χ3v) is 3.77. The summed E-state index contributed by atoms with van der Waals surface area (Å²) in [5.74, 6) is 0.309. The molecule has 0 unspecified atom stereocenters. The monoisotopic (exact) mass is 202 g/mol. The second-order valence-corrected chi connectivity index (χ2v) is 4.86. The quantitative estimate of drug-likeness (QED) is 0.611. The lowest BCUT2D eigenvalue weighted by Crippen LogP contribution is -2.46. The molecule has 0 N–H and O–H groups in total. The first kappa shape index (κ1) is 10.6. The van der Waals surface area contributed by atoms with E-state index in [9.17, 15) is 4.79 Å². The molecular weight excluding hydrogens is 188 g/mol. The van der Waals surface area contributed by atoms with Gasteiger partial charge in [-0.15, -0.1) is 0 Å². The van der Waals surface area contributed by atoms with Gasteiger partial charge in [0.25, 0.3) is 0 Å². The zero-order valence-corrected chi connectivity index (χ0v) is 9.45. The molecule has 0 aromatic heterocycles. The van der Waals surface area contributed by atoms with Crippen molar-refractivity contribution in [1.29, 1.82) is 0 Å². The fourth-order valence-electron chi connectivity index (χ4n) is 1.37. The maximum absolute atomic E-state index is 10.8. The van der Waals surface area contributed by atoms with Crippen molar-refractivity contribution < 1.29 is 9.53 Å². The van der Waals surface area contributed by atoms with Gasteiger partial charge in [0.15, 0.2) is 0 Å². The first-order valence-corrected chi connectivity index (χ1v) is 4.68. The van der Waals surface area contributed by atoms with Crippen molar-refractivity contribution in [3.63, 3.8) is 0 Å². The molecule has 0 aromatic carbocycles. The highest BCUT2D eigenvalue weighted by molar-refractivity contribution is 6.31. The van der Waals surface area contributed by atoms with Crippen molar-refractivity contribution >= 4 is 17.6 Å². The third-order valence-electron chi connectivity index (χ3n) is 3.12. The molecule has 0 fully saturated rings. The molecule has 13 heavy (non-hydrogen) atoms. The highest BCUT2D eigenvalue weighted by Gasteiger charge is 2.55. The molecule has 0 heterocycles. The summed E-state index contributed by atoms with van der Waals surface area (Å²) in [6.07, 6.45) is 0. The van der Waals surface area contributed by atoms with E-state index in [-0.39, 0.29) is 16.8 Å². The van der Waals surface area contributed by atoms with Crippen molar-refractivity contribution in [2.24, 2.45) is 10.8 Å². The molecule has 74 valence electrons. The van der Waals surface area contributed by atoms with Gasteiger partial charge >= 0.3 is 5.97 Å². The van der Waals surface area contributed by atoms with Gasteiger partial charge in [0.05, 0.1) is 5.03 Å². The largest absolute Gasteiger partial charge is 0.429 e. The SMILES string of the molecule is CC(=O)OC1=C(Cl)C(C)(C)C1(C)C. The summed E-state index contributed by atoms with van der Waals surface area (Å²) in [7, 11) is 0. The standard InChI is InChI=1S/C10H15ClO2/c1-6(12)13-8-7(11)9(2,3)10(8,4)5/h1-5H3. The Morgan fingerprint density at radius 1 is 1.23 bits per heavy atom. The number of hydrogen-bond acceptors (Lipinski definition) is 2. The summed E-state index contributed by atoms with van der Waals surface area (Å²) in [6.45, 7) is 9.53. The minimum absolute atomic E-state index is 0.0979. The molecular formula is C10H15ClO2. The van der Waals surface area contributed by atoms with Crippen LogP contribution in [-0.4, -0.2) is 5.97 Å². The molecule has 0 atom stereocenters. The Morgan fingerprint density at radius 3 is 2.00 bits per heavy atom. The Morgan fingerprint density at radius 2 is 1.69 bits per heavy atom. The molecule has 0 amide bonds. The van der Waals surface area contributed by atoms with Gasteiger partial charge in [0.1, 0.15) is 5.76 Å². The Hall–Kier alpha value is -0.500. The van der Waals surface area contributed by atoms with Crippen LogP contribution in [0.3, 0.4) is 0 Å². The molecule has 0 saturated heterocycles. The minimum Gasteiger partial charge on any atom is -0.429 e. The van der Waals surface area contributed by atoms with E-state index in [1.165, 1.54) is 6.92 Å². The van der Waals surface area contributed by atoms with E-state index in [1.54, 1.807) is 0 Å². The molecule has 1 rings (SSSR count). The predicted octanol–water partition coefficient (Wildman–Crippen LogP) is 3.07. The average molecular weight is 203 g/mol. The van der Waals surface area contributed by atoms with Crippen LogP contribution in [0.1, 0.15) is 34.6 Å². The highest BCUT2D eigenvalue weighted by atomic mass is 35.5. The second-order valence-electron chi connectivity index (χ2n) is 4.49. The van der Waals surface area contributed by atoms with Gasteiger partial charge < -0.3 is 4.74 Å². The van der Waals surface area contributed by atoms with Crippen LogP contribution in [0, 0.1) is 10.8 Å². The number of halogens is 1. The Bertz CT molecular complexity index is 287. The lowest BCUT2D eigenvalue weighted by molar-refractivity contribution is -0.141. The van der Waals surface area contributed by atoms with Crippen LogP contribution in [0.5, 0.6) is 0 Å². The van der Waals surface area contributed by atoms with Crippen molar-refractivity contribution in [2.75, 3.05) is 0 Å². The lowest BCUT2D eigenvalue weighted by atomic mass is 9.58. The number of carbonyl (C=O) groups excluding carboxylic acids is 1. The number of esters is 1. The first-order valence-electron chi connectivity index (χ1n) is 4.30. The minimum atomic E-state index is -0.309. The van der Waals surface area contributed by atoms with Crippen LogP contribution in [0.15, 0.2) is 10.8 Å². The molecule has 0 bridgehead atoms. The van der Waals surface area contributed by atoms with E-state index in [1.807, 2.05) is 27.7 Å². The summed E-state index contributed by atoms with van der Waals surface area (Å²) < 4.78 is 5.06. The van der Waals surface area contributed by atoms with Gasteiger partial charge in [-0.1, -0.05) is 39.3 Å². The maximum Gasteiger partial charge on any atom is 0.307 e. The van der Waals surface area contributed by atoms with Crippen LogP contribution < -0.4 is 0 Å². The van der Waals surface area contributed by atoms with Crippen molar-refractivity contribution in [3.8, 4) is 0 Å². The summed E-state index contributed by atoms with van der Waals surface area (Å²) in [5.41, 5.74) is -0.255. The van der Waals surface area contributed by atoms with Gasteiger partial charge in [-0.3, -0.25) is 4.79 Å². The lowest BCUT2D eigenvalue weighted by Gasteiger charge is -2.51. The maximum atomic E-state index is 10.8. The second kappa shape index (κ2) is 2.74. The van der Waals surface area contributed by atoms with Gasteiger partial charge in [-0.2, -0.15) is 0 Å². The topological polar surface area (TPSA) is 26.3 Å². The average Bonchev–Trinajstić information content (AvgIpc) is 1.98. The Labute approximate surface area is 83.9 Å². The summed E-state index contributed by atoms with van der Waals surface area (Å²) >= 11 is 6.04. The molecule has 0 spiro atoms. The molecule has 1 aliphatic rings. The van der Waals surface area contributed by atoms with E-state index in [2.05, 4.69) is 0 Å². The summed E-state index contributed by atoms with van der Waals surface area (Å²) in [5, 5.41) is 0.660. The predicted molar refractivity (Wildman–Crippen MR) is 52.2 cm³/mol. The van der Waals surface area contributed by atoms with E-state index in [4.69, 9.17) is 16.3 Å². The number of allylic oxidation sites excluding steroid dienone is 2. The smallest absolute Gasteiger partial charge is 0.307 e. The van der Waals surface area contributed by atoms with Crippen LogP contribution in [0.2, 0.25) is 0 Å². The van der Waals surface area contributed by atoms with Gasteiger partial charge in [0.2, 0.25) is 0 Å². The molecule has 3 heteroatoms. The van der Waals surface area contributed by atoms with Gasteiger partial charge in [-0.05, 0) is 0 Å². The van der Waals surface area contributed by atoms with E-state index in [0.29, 0.717) is 10.8 Å². The van der Waals surface area contributed by atoms with Crippen molar-refractivity contribution in [1.82, 2.24) is 0 Å². The molecule has 0 aromatic rings. The molecule has 2 nitrogen and oxygen atoms in total. The van der Waals surface area contributed by atoms with Crippen LogP contribution in [0.25, 0.3) is 0 Å². The molecule has 0 radical (unpaired) electrons. The number of ether oxygens (including phenoxy) is 1. The normalized spacial score (nSPS) is 23.8. The van der Waals surface area contributed by atoms with E-state index < -0.39 is 0 Å². The van der Waals surface area contributed by atoms with Crippen LogP contribution in [-0.2, 0) is 9.53 Å². The number of rotatable bonds is 1. The Balaban J connectivity index is 3.00. The van der Waals surface area contributed by atoms with Crippen LogP contribution >= 0.6 is 11.6 Å². The van der Waals surface area contributed by atoms with Crippen molar-refractivity contribution in [3.05, 3.63) is 10.8 Å². The first-order chi connectivity index (χ1) is 5.71. The fourth-order valence-corrected chi connectivity index (χ4v) is 1.88. The van der Waals surface area contributed by atoms with E-state index >= 15 is 0 Å². The summed E-state index contributed by atoms with van der Waals surface area (Å²) in [4.78, 5) is 10.8. The third kappa shape index (κ3) is 1.28. The van der Waals surface area contributed by atoms with E-state index in [0.717, 1.165) is 0 Å². The molecule has 0 aliphatic heterocycles. The molecule has 0 saturated carbocycles. The Kier molecular flexibility index (Phi) is 2.23. The summed E-state index contributed by atoms with van der Waals surface area (Å²) in [6, 6.07) is 0. The van der Waals surface area contributed by atoms with Crippen molar-refractivity contribution in [2.45, 2.75) is 34.6 Å².